The lowest BCUT2D eigenvalue weighted by molar-refractivity contribution is -0.385. The van der Waals surface area contributed by atoms with E-state index in [1.807, 2.05) is 4.90 Å². The van der Waals surface area contributed by atoms with E-state index in [2.05, 4.69) is 0 Å². The van der Waals surface area contributed by atoms with Crippen molar-refractivity contribution in [3.8, 4) is 5.75 Å². The summed E-state index contributed by atoms with van der Waals surface area (Å²) in [5.74, 6) is 0.00344. The van der Waals surface area contributed by atoms with Crippen LogP contribution in [0.2, 0.25) is 0 Å². The molecule has 0 atom stereocenters. The molecule has 9 nitrogen and oxygen atoms in total. The van der Waals surface area contributed by atoms with Crippen molar-refractivity contribution < 1.29 is 24.0 Å². The van der Waals surface area contributed by atoms with Crippen LogP contribution in [0.25, 0.3) is 6.08 Å². The van der Waals surface area contributed by atoms with E-state index in [4.69, 9.17) is 4.74 Å². The molecule has 2 aromatic rings. The number of ether oxygens (including phenoxy) is 1. The van der Waals surface area contributed by atoms with Gasteiger partial charge in [-0.2, -0.15) is 0 Å². The Labute approximate surface area is 200 Å². The van der Waals surface area contributed by atoms with E-state index in [-0.39, 0.29) is 35.2 Å². The zero-order valence-electron chi connectivity index (χ0n) is 18.3. The summed E-state index contributed by atoms with van der Waals surface area (Å²) in [6.45, 7) is 1.35. The highest BCUT2D eigenvalue weighted by atomic mass is 32.2. The highest BCUT2D eigenvalue weighted by Gasteiger charge is 2.36. The fourth-order valence-corrected chi connectivity index (χ4v) is 4.66. The maximum atomic E-state index is 12.8. The molecule has 0 radical (unpaired) electrons. The molecule has 0 saturated carbocycles. The van der Waals surface area contributed by atoms with E-state index in [0.717, 1.165) is 49.0 Å². The second kappa shape index (κ2) is 10.5. The molecule has 10 heteroatoms. The van der Waals surface area contributed by atoms with Gasteiger partial charge in [0.15, 0.2) is 6.61 Å². The number of thioether (sulfide) groups is 1. The van der Waals surface area contributed by atoms with Gasteiger partial charge in [0.05, 0.1) is 16.4 Å². The molecule has 4 rings (SSSR count). The lowest BCUT2D eigenvalue weighted by Crippen LogP contribution is -2.38. The Morgan fingerprint density at radius 1 is 1.06 bits per heavy atom. The summed E-state index contributed by atoms with van der Waals surface area (Å²) in [5.41, 5.74) is 0.836. The largest absolute Gasteiger partial charge is 0.484 e. The molecule has 2 saturated heterocycles. The van der Waals surface area contributed by atoms with Crippen molar-refractivity contribution in [2.45, 2.75) is 25.8 Å². The van der Waals surface area contributed by atoms with Gasteiger partial charge in [0.25, 0.3) is 22.7 Å². The summed E-state index contributed by atoms with van der Waals surface area (Å²) in [6.07, 6.45) is 4.78. The predicted octanol–water partition coefficient (Wildman–Crippen LogP) is 4.22. The molecule has 3 amide bonds. The smallest absolute Gasteiger partial charge is 0.293 e. The van der Waals surface area contributed by atoms with Crippen LogP contribution in [0.1, 0.15) is 30.4 Å². The zero-order valence-corrected chi connectivity index (χ0v) is 19.2. The maximum Gasteiger partial charge on any atom is 0.293 e. The second-order valence-corrected chi connectivity index (χ2v) is 8.95. The van der Waals surface area contributed by atoms with Crippen LogP contribution in [0, 0.1) is 10.1 Å². The average molecular weight is 482 g/mol. The van der Waals surface area contributed by atoms with Crippen LogP contribution in [0.15, 0.2) is 53.4 Å². The minimum Gasteiger partial charge on any atom is -0.484 e. The lowest BCUT2D eigenvalue weighted by atomic mass is 10.1. The molecule has 0 spiro atoms. The number of piperidine rings is 1. The number of carbonyl (C=O) groups excluding carboxylic acids is 3. The average Bonchev–Trinajstić information content (AvgIpc) is 3.11. The molecule has 0 bridgehead atoms. The standard InChI is InChI=1S/C24H23N3O6S/c28-22(25-12-4-1-5-13-25)16-33-19-10-8-17(9-11-19)14-21-23(29)26(24(30)34-21)15-18-6-2-3-7-20(18)27(31)32/h2-3,6-11,14H,1,4-5,12-13,15-16H2/b21-14-. The Kier molecular flexibility index (Phi) is 7.27. The van der Waals surface area contributed by atoms with E-state index in [0.29, 0.717) is 11.3 Å². The van der Waals surface area contributed by atoms with Crippen LogP contribution in [0.4, 0.5) is 10.5 Å². The number of hydrogen-bond acceptors (Lipinski definition) is 7. The van der Waals surface area contributed by atoms with Gasteiger partial charge in [-0.25, -0.2) is 0 Å². The SMILES string of the molecule is O=C(COc1ccc(/C=C2\SC(=O)N(Cc3ccccc3[N+](=O)[O-])C2=O)cc1)N1CCCCC1. The van der Waals surface area contributed by atoms with E-state index in [1.54, 1.807) is 36.4 Å². The van der Waals surface area contributed by atoms with Crippen LogP contribution < -0.4 is 4.74 Å². The molecule has 34 heavy (non-hydrogen) atoms. The molecule has 2 aromatic carbocycles. The van der Waals surface area contributed by atoms with E-state index in [9.17, 15) is 24.5 Å². The first kappa shape index (κ1) is 23.5. The maximum absolute atomic E-state index is 12.8. The molecule has 0 aromatic heterocycles. The van der Waals surface area contributed by atoms with Crippen LogP contribution in [0.3, 0.4) is 0 Å². The van der Waals surface area contributed by atoms with E-state index in [1.165, 1.54) is 18.2 Å². The number of imide groups is 1. The predicted molar refractivity (Wildman–Crippen MR) is 127 cm³/mol. The Balaban J connectivity index is 1.38. The summed E-state index contributed by atoms with van der Waals surface area (Å²) in [4.78, 5) is 51.2. The van der Waals surface area contributed by atoms with E-state index >= 15 is 0 Å². The molecule has 2 aliphatic rings. The molecule has 2 fully saturated rings. The monoisotopic (exact) mass is 481 g/mol. The van der Waals surface area contributed by atoms with Gasteiger partial charge in [0.1, 0.15) is 5.75 Å². The molecule has 0 N–H and O–H groups in total. The Morgan fingerprint density at radius 3 is 2.47 bits per heavy atom. The van der Waals surface area contributed by atoms with Crippen LogP contribution in [-0.4, -0.2) is 51.5 Å². The van der Waals surface area contributed by atoms with Crippen LogP contribution in [-0.2, 0) is 16.1 Å². The van der Waals surface area contributed by atoms with Gasteiger partial charge in [-0.3, -0.25) is 29.4 Å². The van der Waals surface area contributed by atoms with Gasteiger partial charge in [0.2, 0.25) is 0 Å². The number of rotatable bonds is 7. The number of benzene rings is 2. The minimum absolute atomic E-state index is 0.0240. The third-order valence-electron chi connectivity index (χ3n) is 5.64. The number of nitro benzene ring substituents is 1. The minimum atomic E-state index is -0.534. The van der Waals surface area contributed by atoms with Gasteiger partial charge in [-0.15, -0.1) is 0 Å². The Bertz CT molecular complexity index is 1140. The van der Waals surface area contributed by atoms with Crippen molar-refractivity contribution in [1.82, 2.24) is 9.80 Å². The number of nitro groups is 1. The number of amides is 3. The number of nitrogens with zero attached hydrogens (tertiary/aromatic N) is 3. The normalized spacial score (nSPS) is 17.4. The van der Waals surface area contributed by atoms with Gasteiger partial charge in [-0.1, -0.05) is 30.3 Å². The van der Waals surface area contributed by atoms with Crippen molar-refractivity contribution in [1.29, 1.82) is 0 Å². The molecule has 0 unspecified atom stereocenters. The lowest BCUT2D eigenvalue weighted by Gasteiger charge is -2.26. The third-order valence-corrected chi connectivity index (χ3v) is 6.55. The number of likely N-dealkylation sites (tertiary alicyclic amines) is 1. The van der Waals surface area contributed by atoms with E-state index < -0.39 is 16.1 Å². The summed E-state index contributed by atoms with van der Waals surface area (Å²) in [5, 5.41) is 10.7. The summed E-state index contributed by atoms with van der Waals surface area (Å²) < 4.78 is 5.60. The first-order valence-corrected chi connectivity index (χ1v) is 11.7. The first-order chi connectivity index (χ1) is 16.4. The molecule has 176 valence electrons. The summed E-state index contributed by atoms with van der Waals surface area (Å²) >= 11 is 0.792. The highest BCUT2D eigenvalue weighted by Crippen LogP contribution is 2.34. The van der Waals surface area contributed by atoms with Crippen molar-refractivity contribution in [3.63, 3.8) is 0 Å². The fourth-order valence-electron chi connectivity index (χ4n) is 3.82. The van der Waals surface area contributed by atoms with Gasteiger partial charge in [0, 0.05) is 24.7 Å². The fraction of sp³-hybridized carbons (Fsp3) is 0.292. The molecule has 2 heterocycles. The number of carbonyl (C=O) groups is 3. The van der Waals surface area contributed by atoms with Gasteiger partial charge in [-0.05, 0) is 54.8 Å². The van der Waals surface area contributed by atoms with Crippen LogP contribution in [0.5, 0.6) is 5.75 Å². The molecule has 0 aliphatic carbocycles. The van der Waals surface area contributed by atoms with Crippen LogP contribution >= 0.6 is 11.8 Å². The summed E-state index contributed by atoms with van der Waals surface area (Å²) in [6, 6.07) is 12.9. The first-order valence-electron chi connectivity index (χ1n) is 10.9. The molecular formula is C24H23N3O6S. The van der Waals surface area contributed by atoms with Crippen molar-refractivity contribution in [2.75, 3.05) is 19.7 Å². The Morgan fingerprint density at radius 2 is 1.76 bits per heavy atom. The third kappa shape index (κ3) is 5.45. The molecule has 2 aliphatic heterocycles. The topological polar surface area (TPSA) is 110 Å². The highest BCUT2D eigenvalue weighted by molar-refractivity contribution is 8.18. The van der Waals surface area contributed by atoms with Gasteiger partial charge < -0.3 is 9.64 Å². The zero-order chi connectivity index (χ0) is 24.1. The number of para-hydroxylation sites is 1. The summed E-state index contributed by atoms with van der Waals surface area (Å²) in [7, 11) is 0. The quantitative estimate of drug-likeness (QED) is 0.331. The second-order valence-electron chi connectivity index (χ2n) is 7.95. The van der Waals surface area contributed by atoms with Gasteiger partial charge >= 0.3 is 0 Å². The number of hydrogen-bond donors (Lipinski definition) is 0. The van der Waals surface area contributed by atoms with Crippen molar-refractivity contribution in [2.24, 2.45) is 0 Å². The molecular weight excluding hydrogens is 458 g/mol. The Hall–Kier alpha value is -3.66. The van der Waals surface area contributed by atoms with Crippen molar-refractivity contribution >= 4 is 40.6 Å². The van der Waals surface area contributed by atoms with Crippen molar-refractivity contribution in [3.05, 3.63) is 74.7 Å².